The number of nitrogens with one attached hydrogen (secondary N) is 2. The Hall–Kier alpha value is -2.33. The Kier molecular flexibility index (Phi) is 7.43. The predicted molar refractivity (Wildman–Crippen MR) is 97.9 cm³/mol. The molecule has 0 fully saturated rings. The van der Waals surface area contributed by atoms with Crippen LogP contribution in [-0.2, 0) is 12.7 Å². The maximum atomic E-state index is 12.6. The van der Waals surface area contributed by atoms with Gasteiger partial charge in [0.2, 0.25) is 0 Å². The number of thiazole rings is 1. The third-order valence-corrected chi connectivity index (χ3v) is 4.36. The van der Waals surface area contributed by atoms with E-state index in [1.54, 1.807) is 31.4 Å². The van der Waals surface area contributed by atoms with Crippen LogP contribution in [-0.4, -0.2) is 36.2 Å². The van der Waals surface area contributed by atoms with E-state index in [1.807, 2.05) is 6.92 Å². The number of halogens is 3. The smallest absolute Gasteiger partial charge is 0.434 e. The first-order valence-corrected chi connectivity index (χ1v) is 9.07. The standard InChI is InChI=1S/C17H21F3N4O2S/c1-3-21-16(23-9-15-24-14(10-27-15)17(18,19)20)22-8-13(25)11-4-6-12(26-2)7-5-11/h4-7,10,13,25H,3,8-9H2,1-2H3,(H2,21,22,23). The number of hydrogen-bond acceptors (Lipinski definition) is 5. The molecule has 2 aromatic rings. The maximum Gasteiger partial charge on any atom is 0.434 e. The van der Waals surface area contributed by atoms with E-state index in [0.29, 0.717) is 23.8 Å². The van der Waals surface area contributed by atoms with Crippen LogP contribution in [0.2, 0.25) is 0 Å². The number of nitrogens with zero attached hydrogens (tertiary/aromatic N) is 2. The Morgan fingerprint density at radius 1 is 1.30 bits per heavy atom. The summed E-state index contributed by atoms with van der Waals surface area (Å²) in [7, 11) is 1.56. The third kappa shape index (κ3) is 6.40. The van der Waals surface area contributed by atoms with Crippen molar-refractivity contribution in [3.63, 3.8) is 0 Å². The number of ether oxygens (including phenoxy) is 1. The maximum absolute atomic E-state index is 12.6. The summed E-state index contributed by atoms with van der Waals surface area (Å²) in [6.07, 6.45) is -5.24. The highest BCUT2D eigenvalue weighted by Gasteiger charge is 2.33. The number of hydrogen-bond donors (Lipinski definition) is 3. The minimum atomic E-state index is -4.45. The van der Waals surface area contributed by atoms with Crippen LogP contribution in [0.1, 0.15) is 29.3 Å². The molecule has 1 aromatic heterocycles. The van der Waals surface area contributed by atoms with E-state index < -0.39 is 18.0 Å². The van der Waals surface area contributed by atoms with Gasteiger partial charge in [-0.2, -0.15) is 13.2 Å². The van der Waals surface area contributed by atoms with Crippen molar-refractivity contribution in [1.29, 1.82) is 0 Å². The molecule has 10 heteroatoms. The molecule has 6 nitrogen and oxygen atoms in total. The van der Waals surface area contributed by atoms with Crippen LogP contribution in [0.25, 0.3) is 0 Å². The van der Waals surface area contributed by atoms with Gasteiger partial charge in [-0.05, 0) is 24.6 Å². The molecule has 0 saturated carbocycles. The van der Waals surface area contributed by atoms with Crippen molar-refractivity contribution < 1.29 is 23.0 Å². The van der Waals surface area contributed by atoms with Crippen molar-refractivity contribution in [3.05, 3.63) is 45.9 Å². The monoisotopic (exact) mass is 402 g/mol. The molecule has 27 heavy (non-hydrogen) atoms. The zero-order valence-corrected chi connectivity index (χ0v) is 15.7. The van der Waals surface area contributed by atoms with E-state index in [2.05, 4.69) is 20.6 Å². The number of methoxy groups -OCH3 is 1. The molecular formula is C17H21F3N4O2S. The molecule has 2 rings (SSSR count). The molecule has 1 heterocycles. The summed E-state index contributed by atoms with van der Waals surface area (Å²) in [5, 5.41) is 17.4. The second-order valence-electron chi connectivity index (χ2n) is 5.49. The van der Waals surface area contributed by atoms with Crippen LogP contribution in [0.5, 0.6) is 5.75 Å². The molecule has 0 aliphatic rings. The van der Waals surface area contributed by atoms with Crippen molar-refractivity contribution in [2.24, 2.45) is 4.99 Å². The number of rotatable bonds is 7. The Morgan fingerprint density at radius 2 is 2.00 bits per heavy atom. The van der Waals surface area contributed by atoms with Crippen LogP contribution in [0.4, 0.5) is 13.2 Å². The number of guanidine groups is 1. The lowest BCUT2D eigenvalue weighted by atomic mass is 10.1. The molecule has 0 radical (unpaired) electrons. The van der Waals surface area contributed by atoms with Gasteiger partial charge >= 0.3 is 6.18 Å². The van der Waals surface area contributed by atoms with Crippen molar-refractivity contribution in [2.75, 3.05) is 20.2 Å². The van der Waals surface area contributed by atoms with Gasteiger partial charge in [-0.1, -0.05) is 12.1 Å². The van der Waals surface area contributed by atoms with Crippen LogP contribution < -0.4 is 15.4 Å². The zero-order chi connectivity index (χ0) is 19.9. The summed E-state index contributed by atoms with van der Waals surface area (Å²) < 4.78 is 42.8. The minimum absolute atomic E-state index is 0.00864. The minimum Gasteiger partial charge on any atom is -0.497 e. The number of aliphatic hydroxyl groups excluding tert-OH is 1. The van der Waals surface area contributed by atoms with E-state index in [9.17, 15) is 18.3 Å². The van der Waals surface area contributed by atoms with Gasteiger partial charge in [-0.15, -0.1) is 11.3 Å². The zero-order valence-electron chi connectivity index (χ0n) is 14.9. The molecule has 1 atom stereocenters. The fourth-order valence-electron chi connectivity index (χ4n) is 2.14. The molecule has 0 saturated heterocycles. The Balaban J connectivity index is 1.95. The van der Waals surface area contributed by atoms with Gasteiger partial charge in [0.25, 0.3) is 0 Å². The number of benzene rings is 1. The van der Waals surface area contributed by atoms with Gasteiger partial charge in [-0.3, -0.25) is 0 Å². The summed E-state index contributed by atoms with van der Waals surface area (Å²) in [6, 6.07) is 7.00. The van der Waals surface area contributed by atoms with Gasteiger partial charge in [0, 0.05) is 18.5 Å². The molecule has 0 bridgehead atoms. The second-order valence-corrected chi connectivity index (χ2v) is 6.43. The fraction of sp³-hybridized carbons (Fsp3) is 0.412. The topological polar surface area (TPSA) is 78.8 Å². The number of aliphatic hydroxyl groups is 1. The first kappa shape index (κ1) is 21.0. The lowest BCUT2D eigenvalue weighted by molar-refractivity contribution is -0.140. The van der Waals surface area contributed by atoms with Crippen LogP contribution in [0.3, 0.4) is 0 Å². The molecule has 1 unspecified atom stereocenters. The van der Waals surface area contributed by atoms with E-state index >= 15 is 0 Å². The van der Waals surface area contributed by atoms with Gasteiger partial charge in [0.05, 0.1) is 19.8 Å². The molecule has 148 valence electrons. The SMILES string of the molecule is CCNC(=NCc1nc(C(F)(F)F)cs1)NCC(O)c1ccc(OC)cc1. The number of aliphatic imine (C=N–C) groups is 1. The summed E-state index contributed by atoms with van der Waals surface area (Å²) in [4.78, 5) is 7.76. The lowest BCUT2D eigenvalue weighted by Gasteiger charge is -2.15. The summed E-state index contributed by atoms with van der Waals surface area (Å²) in [6.45, 7) is 2.62. The summed E-state index contributed by atoms with van der Waals surface area (Å²) in [5.74, 6) is 1.07. The molecule has 1 aromatic carbocycles. The lowest BCUT2D eigenvalue weighted by Crippen LogP contribution is -2.39. The summed E-state index contributed by atoms with van der Waals surface area (Å²) in [5.41, 5.74) is -0.209. The van der Waals surface area contributed by atoms with Crippen molar-refractivity contribution >= 4 is 17.3 Å². The summed E-state index contributed by atoms with van der Waals surface area (Å²) >= 11 is 0.906. The average Bonchev–Trinajstić information content (AvgIpc) is 3.13. The van der Waals surface area contributed by atoms with E-state index in [-0.39, 0.29) is 18.1 Å². The van der Waals surface area contributed by atoms with Crippen molar-refractivity contribution in [3.8, 4) is 5.75 Å². The van der Waals surface area contributed by atoms with Crippen LogP contribution >= 0.6 is 11.3 Å². The molecule has 0 aliphatic carbocycles. The Morgan fingerprint density at radius 3 is 2.56 bits per heavy atom. The Labute approximate surface area is 159 Å². The molecule has 0 amide bonds. The number of alkyl halides is 3. The molecule has 3 N–H and O–H groups in total. The third-order valence-electron chi connectivity index (χ3n) is 3.52. The van der Waals surface area contributed by atoms with Gasteiger partial charge in [0.1, 0.15) is 10.8 Å². The first-order valence-electron chi connectivity index (χ1n) is 8.19. The normalized spacial score (nSPS) is 13.3. The average molecular weight is 402 g/mol. The highest BCUT2D eigenvalue weighted by atomic mass is 32.1. The van der Waals surface area contributed by atoms with Crippen molar-refractivity contribution in [2.45, 2.75) is 25.7 Å². The predicted octanol–water partition coefficient (Wildman–Crippen LogP) is 2.96. The quantitative estimate of drug-likeness (QED) is 0.490. The van der Waals surface area contributed by atoms with E-state index in [0.717, 1.165) is 16.7 Å². The molecule has 0 spiro atoms. The second kappa shape index (κ2) is 9.56. The largest absolute Gasteiger partial charge is 0.497 e. The van der Waals surface area contributed by atoms with Gasteiger partial charge < -0.3 is 20.5 Å². The van der Waals surface area contributed by atoms with Gasteiger partial charge in [-0.25, -0.2) is 9.98 Å². The number of aromatic nitrogens is 1. The highest BCUT2D eigenvalue weighted by molar-refractivity contribution is 7.09. The van der Waals surface area contributed by atoms with E-state index in [1.165, 1.54) is 0 Å². The van der Waals surface area contributed by atoms with Gasteiger partial charge in [0.15, 0.2) is 11.7 Å². The van der Waals surface area contributed by atoms with Crippen molar-refractivity contribution in [1.82, 2.24) is 15.6 Å². The molecule has 0 aliphatic heterocycles. The fourth-order valence-corrected chi connectivity index (χ4v) is 2.86. The van der Waals surface area contributed by atoms with Crippen LogP contribution in [0, 0.1) is 0 Å². The molecular weight excluding hydrogens is 381 g/mol. The van der Waals surface area contributed by atoms with Crippen LogP contribution in [0.15, 0.2) is 34.6 Å². The Bertz CT molecular complexity index is 747. The van der Waals surface area contributed by atoms with E-state index in [4.69, 9.17) is 4.74 Å². The first-order chi connectivity index (χ1) is 12.8. The highest BCUT2D eigenvalue weighted by Crippen LogP contribution is 2.30.